The zero-order valence-corrected chi connectivity index (χ0v) is 52.5. The summed E-state index contributed by atoms with van der Waals surface area (Å²) in [5.74, 6) is -0.975. The van der Waals surface area contributed by atoms with Gasteiger partial charge in [-0.25, -0.2) is 0 Å². The first-order valence-electron chi connectivity index (χ1n) is 30.8. The fraction of sp³-hybridized carbons (Fsp3) is 0.500. The van der Waals surface area contributed by atoms with Gasteiger partial charge in [0, 0.05) is 12.8 Å². The molecule has 0 rings (SSSR count). The fourth-order valence-electron chi connectivity index (χ4n) is 7.15. The number of carbonyl (C=O) groups excluding carboxylic acids is 2. The zero-order valence-electron chi connectivity index (χ0n) is 51.6. The molecule has 0 aliphatic heterocycles. The molecule has 9 nitrogen and oxygen atoms in total. The number of unbranched alkanes of at least 4 members (excludes halogenated alkanes) is 5. The Balaban J connectivity index is 4.29. The van der Waals surface area contributed by atoms with E-state index in [-0.39, 0.29) is 26.1 Å². The van der Waals surface area contributed by atoms with E-state index >= 15 is 0 Å². The van der Waals surface area contributed by atoms with Gasteiger partial charge in [0.2, 0.25) is 0 Å². The van der Waals surface area contributed by atoms with Crippen molar-refractivity contribution < 1.29 is 42.1 Å². The van der Waals surface area contributed by atoms with Crippen molar-refractivity contribution in [3.8, 4) is 0 Å². The lowest BCUT2D eigenvalue weighted by Gasteiger charge is -2.28. The van der Waals surface area contributed by atoms with E-state index in [2.05, 4.69) is 208 Å². The van der Waals surface area contributed by atoms with Gasteiger partial charge in [-0.1, -0.05) is 240 Å². The second-order valence-electron chi connectivity index (χ2n) is 20.6. The minimum atomic E-state index is -4.68. The quantitative estimate of drug-likeness (QED) is 0.0195. The van der Waals surface area contributed by atoms with Gasteiger partial charge in [-0.15, -0.1) is 0 Å². The van der Waals surface area contributed by atoms with Gasteiger partial charge in [-0.05, 0) is 135 Å². The second kappa shape index (κ2) is 60.2. The number of phosphoric acid groups is 1. The molecule has 0 radical (unpaired) electrons. The molecule has 456 valence electrons. The zero-order chi connectivity index (χ0) is 59.8. The molecule has 0 saturated heterocycles. The van der Waals surface area contributed by atoms with Crippen LogP contribution < -0.4 is 4.89 Å². The fourth-order valence-corrected chi connectivity index (χ4v) is 7.88. The van der Waals surface area contributed by atoms with Crippen LogP contribution in [0.15, 0.2) is 207 Å². The van der Waals surface area contributed by atoms with Gasteiger partial charge < -0.3 is 27.9 Å². The lowest BCUT2D eigenvalue weighted by atomic mass is 10.1. The summed E-state index contributed by atoms with van der Waals surface area (Å²) in [6.45, 7) is 3.85. The average molecular weight is 1150 g/mol. The maximum Gasteiger partial charge on any atom is 0.306 e. The van der Waals surface area contributed by atoms with Crippen molar-refractivity contribution in [2.45, 2.75) is 187 Å². The minimum Gasteiger partial charge on any atom is -0.756 e. The number of rotatable bonds is 53. The number of nitrogens with zero attached hydrogens (tertiary/aromatic N) is 1. The predicted molar refractivity (Wildman–Crippen MR) is 350 cm³/mol. The van der Waals surface area contributed by atoms with Gasteiger partial charge in [-0.3, -0.25) is 14.2 Å². The summed E-state index contributed by atoms with van der Waals surface area (Å²) in [4.78, 5) is 37.8. The largest absolute Gasteiger partial charge is 0.756 e. The molecule has 0 aromatic carbocycles. The molecule has 2 unspecified atom stereocenters. The molecule has 0 aromatic rings. The molecule has 2 atom stereocenters. The molecular formula is C72H110NO8P. The summed E-state index contributed by atoms with van der Waals surface area (Å²) in [5, 5.41) is 0. The van der Waals surface area contributed by atoms with Crippen molar-refractivity contribution in [3.63, 3.8) is 0 Å². The number of allylic oxidation sites excluding steroid dienone is 34. The molecule has 0 fully saturated rings. The van der Waals surface area contributed by atoms with Crippen LogP contribution in [0.3, 0.4) is 0 Å². The Bertz CT molecular complexity index is 2130. The topological polar surface area (TPSA) is 111 Å². The SMILES string of the molecule is CC/C=C\C/C=C\C/C=C\C/C=C\C/C=C\C/C=C\C/C=C\C/C=C\C/C=C\C/C=C\C/C=C\CCCCCCCC(=O)OC(COC(=O)CC/C=C\C/C=C\C/C=C\C/C=C\C/C=C\C/C=C\CC)COP(=O)([O-])OCC[N+](C)(C)C. The first-order chi connectivity index (χ1) is 40.0. The minimum absolute atomic E-state index is 0.0588. The number of phosphoric ester groups is 1. The highest BCUT2D eigenvalue weighted by Crippen LogP contribution is 2.38. The summed E-state index contributed by atoms with van der Waals surface area (Å²) in [7, 11) is 1.08. The number of ether oxygens (including phenoxy) is 2. The molecule has 0 aliphatic carbocycles. The summed E-state index contributed by atoms with van der Waals surface area (Å²) in [6, 6.07) is 0. The smallest absolute Gasteiger partial charge is 0.306 e. The van der Waals surface area contributed by atoms with Crippen molar-refractivity contribution in [1.29, 1.82) is 0 Å². The first kappa shape index (κ1) is 76.6. The van der Waals surface area contributed by atoms with E-state index in [0.29, 0.717) is 23.9 Å². The lowest BCUT2D eigenvalue weighted by Crippen LogP contribution is -2.37. The summed E-state index contributed by atoms with van der Waals surface area (Å²) in [6.07, 6.45) is 96.2. The predicted octanol–water partition coefficient (Wildman–Crippen LogP) is 19.3. The molecule has 0 bridgehead atoms. The molecule has 82 heavy (non-hydrogen) atoms. The Morgan fingerprint density at radius 2 is 0.683 bits per heavy atom. The molecule has 0 saturated carbocycles. The van der Waals surface area contributed by atoms with Gasteiger partial charge in [0.25, 0.3) is 7.82 Å². The molecule has 10 heteroatoms. The van der Waals surface area contributed by atoms with Crippen molar-refractivity contribution in [3.05, 3.63) is 207 Å². The van der Waals surface area contributed by atoms with E-state index in [1.54, 1.807) is 0 Å². The molecule has 0 aromatic heterocycles. The average Bonchev–Trinajstić information content (AvgIpc) is 3.46. The van der Waals surface area contributed by atoms with Gasteiger partial charge in [-0.2, -0.15) is 0 Å². The van der Waals surface area contributed by atoms with Gasteiger partial charge in [0.05, 0.1) is 27.7 Å². The van der Waals surface area contributed by atoms with E-state index in [1.165, 1.54) is 0 Å². The Hall–Kier alpha value is -5.41. The number of quaternary nitrogens is 1. The highest BCUT2D eigenvalue weighted by molar-refractivity contribution is 7.45. The third-order valence-electron chi connectivity index (χ3n) is 11.8. The van der Waals surface area contributed by atoms with Crippen molar-refractivity contribution in [2.75, 3.05) is 47.5 Å². The molecule has 0 spiro atoms. The molecule has 0 N–H and O–H groups in total. The summed E-state index contributed by atoms with van der Waals surface area (Å²) in [5.41, 5.74) is 0. The van der Waals surface area contributed by atoms with Gasteiger partial charge >= 0.3 is 11.9 Å². The van der Waals surface area contributed by atoms with E-state index in [0.717, 1.165) is 141 Å². The first-order valence-corrected chi connectivity index (χ1v) is 32.3. The highest BCUT2D eigenvalue weighted by atomic mass is 31.2. The third-order valence-corrected chi connectivity index (χ3v) is 12.8. The van der Waals surface area contributed by atoms with Crippen molar-refractivity contribution in [2.24, 2.45) is 0 Å². The van der Waals surface area contributed by atoms with Crippen LogP contribution in [0.5, 0.6) is 0 Å². The molecule has 0 amide bonds. The molecular weight excluding hydrogens is 1040 g/mol. The van der Waals surface area contributed by atoms with Gasteiger partial charge in [0.15, 0.2) is 6.10 Å². The number of carbonyl (C=O) groups is 2. The third kappa shape index (κ3) is 63.8. The monoisotopic (exact) mass is 1150 g/mol. The van der Waals surface area contributed by atoms with Crippen LogP contribution in [-0.2, 0) is 32.7 Å². The number of likely N-dealkylation sites (N-methyl/N-ethyl adjacent to an activating group) is 1. The maximum absolute atomic E-state index is 12.8. The lowest BCUT2D eigenvalue weighted by molar-refractivity contribution is -0.870. The molecule has 0 heterocycles. The van der Waals surface area contributed by atoms with Crippen LogP contribution in [0.2, 0.25) is 0 Å². The van der Waals surface area contributed by atoms with E-state index < -0.39 is 32.5 Å². The Labute approximate surface area is 500 Å². The number of esters is 2. The van der Waals surface area contributed by atoms with E-state index in [9.17, 15) is 19.0 Å². The number of hydrogen-bond donors (Lipinski definition) is 0. The van der Waals surface area contributed by atoms with Crippen LogP contribution in [-0.4, -0.2) is 70.0 Å². The summed E-state index contributed by atoms with van der Waals surface area (Å²) < 4.78 is 34.0. The second-order valence-corrected chi connectivity index (χ2v) is 22.0. The van der Waals surface area contributed by atoms with Crippen LogP contribution >= 0.6 is 7.82 Å². The van der Waals surface area contributed by atoms with Crippen molar-refractivity contribution >= 4 is 19.8 Å². The standard InChI is InChI=1S/C72H110NO8P/c1-6-8-10-12-14-16-18-20-22-24-26-27-28-29-30-31-32-33-34-35-36-37-38-39-40-41-42-43-44-45-47-49-51-53-55-57-59-61-63-65-72(75)81-70(69-80-82(76,77)79-67-66-73(3,4)5)68-78-71(74)64-62-60-58-56-54-52-50-48-46-25-23-21-19-17-15-13-11-9-7-2/h8-11,14-17,20-23,26-27,29-30,32-33,35-36,38-39,41-42,44-46,48-49,51-52,54,58,60,70H,6-7,12-13,18-19,24-25,28,31,34,37,40,43,47,50,53,55-57,59,61-69H2,1-5H3/b10-8-,11-9-,16-14-,17-15-,22-20-,23-21-,27-26-,30-29-,33-32-,36-35-,39-38-,42-41-,45-44-,48-46-,51-49-,54-52-,60-58-. The summed E-state index contributed by atoms with van der Waals surface area (Å²) >= 11 is 0. The normalized spacial score (nSPS) is 14.7. The van der Waals surface area contributed by atoms with Crippen LogP contribution in [0, 0.1) is 0 Å². The highest BCUT2D eigenvalue weighted by Gasteiger charge is 2.21. The van der Waals surface area contributed by atoms with Crippen LogP contribution in [0.25, 0.3) is 0 Å². The van der Waals surface area contributed by atoms with Gasteiger partial charge in [0.1, 0.15) is 19.8 Å². The Morgan fingerprint density at radius 3 is 1.02 bits per heavy atom. The Kier molecular flexibility index (Phi) is 56.2. The van der Waals surface area contributed by atoms with Crippen LogP contribution in [0.4, 0.5) is 0 Å². The van der Waals surface area contributed by atoms with Crippen LogP contribution in [0.1, 0.15) is 181 Å². The van der Waals surface area contributed by atoms with E-state index in [1.807, 2.05) is 33.3 Å². The Morgan fingerprint density at radius 1 is 0.378 bits per heavy atom. The molecule has 0 aliphatic rings. The van der Waals surface area contributed by atoms with Crippen molar-refractivity contribution in [1.82, 2.24) is 0 Å². The number of hydrogen-bond acceptors (Lipinski definition) is 8. The van der Waals surface area contributed by atoms with E-state index in [4.69, 9.17) is 18.5 Å². The maximum atomic E-state index is 12.8.